The maximum absolute atomic E-state index is 11.7. The van der Waals surface area contributed by atoms with Gasteiger partial charge in [0.25, 0.3) is 0 Å². The van der Waals surface area contributed by atoms with Crippen LogP contribution in [0.2, 0.25) is 0 Å². The highest BCUT2D eigenvalue weighted by Gasteiger charge is 2.23. The number of nitrogens with zero attached hydrogens (tertiary/aromatic N) is 2. The molecule has 0 radical (unpaired) electrons. The van der Waals surface area contributed by atoms with E-state index in [0.29, 0.717) is 6.42 Å². The zero-order valence-electron chi connectivity index (χ0n) is 10.9. The number of hydrogen-bond acceptors (Lipinski definition) is 3. The molecule has 0 aromatic heterocycles. The van der Waals surface area contributed by atoms with E-state index in [2.05, 4.69) is 17.1 Å². The molecule has 1 saturated heterocycles. The molecular formula is C13H23N3O. The molecule has 96 valence electrons. The van der Waals surface area contributed by atoms with E-state index in [1.807, 2.05) is 13.0 Å². The number of amides is 1. The van der Waals surface area contributed by atoms with E-state index in [-0.39, 0.29) is 11.9 Å². The molecule has 0 spiro atoms. The summed E-state index contributed by atoms with van der Waals surface area (Å²) in [6, 6.07) is 2.31. The highest BCUT2D eigenvalue weighted by molar-refractivity contribution is 5.81. The Morgan fingerprint density at radius 3 is 2.59 bits per heavy atom. The van der Waals surface area contributed by atoms with Gasteiger partial charge in [0.2, 0.25) is 5.91 Å². The third-order valence-corrected chi connectivity index (χ3v) is 3.35. The molecule has 1 unspecified atom stereocenters. The second-order valence-corrected chi connectivity index (χ2v) is 4.71. The molecule has 4 nitrogen and oxygen atoms in total. The van der Waals surface area contributed by atoms with Gasteiger partial charge in [-0.3, -0.25) is 4.79 Å². The Morgan fingerprint density at radius 1 is 1.47 bits per heavy atom. The van der Waals surface area contributed by atoms with Crippen molar-refractivity contribution in [1.82, 2.24) is 10.2 Å². The minimum atomic E-state index is -0.483. The van der Waals surface area contributed by atoms with Gasteiger partial charge in [0.15, 0.2) is 0 Å². The molecule has 1 aliphatic heterocycles. The van der Waals surface area contributed by atoms with Crippen molar-refractivity contribution in [2.75, 3.05) is 19.6 Å². The van der Waals surface area contributed by atoms with Crippen LogP contribution < -0.4 is 5.32 Å². The topological polar surface area (TPSA) is 56.1 Å². The third kappa shape index (κ3) is 4.35. The van der Waals surface area contributed by atoms with Crippen LogP contribution >= 0.6 is 0 Å². The lowest BCUT2D eigenvalue weighted by Crippen LogP contribution is -2.46. The van der Waals surface area contributed by atoms with Crippen molar-refractivity contribution in [2.24, 2.45) is 5.92 Å². The minimum absolute atomic E-state index is 0.0936. The summed E-state index contributed by atoms with van der Waals surface area (Å²) in [5, 5.41) is 11.8. The molecule has 1 amide bonds. The van der Waals surface area contributed by atoms with Crippen molar-refractivity contribution in [3.8, 4) is 6.07 Å². The van der Waals surface area contributed by atoms with Crippen LogP contribution in [-0.4, -0.2) is 36.5 Å². The summed E-state index contributed by atoms with van der Waals surface area (Å²) in [4.78, 5) is 14.2. The lowest BCUT2D eigenvalue weighted by Gasteiger charge is -2.32. The summed E-state index contributed by atoms with van der Waals surface area (Å²) in [7, 11) is 0. The second kappa shape index (κ2) is 7.29. The molecule has 1 N–H and O–H groups in total. The van der Waals surface area contributed by atoms with E-state index >= 15 is 0 Å². The van der Waals surface area contributed by atoms with Crippen LogP contribution in [0.5, 0.6) is 0 Å². The number of likely N-dealkylation sites (tertiary alicyclic amines) is 1. The number of nitriles is 1. The first-order chi connectivity index (χ1) is 8.21. The van der Waals surface area contributed by atoms with E-state index in [9.17, 15) is 4.79 Å². The SMILES string of the molecule is CCCN1CCC(NC(=O)C(C#N)CC)CC1. The van der Waals surface area contributed by atoms with Crippen molar-refractivity contribution in [1.29, 1.82) is 5.26 Å². The Hall–Kier alpha value is -1.08. The zero-order valence-corrected chi connectivity index (χ0v) is 10.9. The fraction of sp³-hybridized carbons (Fsp3) is 0.846. The Bertz CT molecular complexity index is 277. The fourth-order valence-corrected chi connectivity index (χ4v) is 2.25. The molecule has 0 aromatic rings. The van der Waals surface area contributed by atoms with Crippen molar-refractivity contribution in [3.05, 3.63) is 0 Å². The second-order valence-electron chi connectivity index (χ2n) is 4.71. The fourth-order valence-electron chi connectivity index (χ4n) is 2.25. The Balaban J connectivity index is 2.31. The molecule has 1 atom stereocenters. The molecule has 1 fully saturated rings. The summed E-state index contributed by atoms with van der Waals surface area (Å²) in [6.07, 6.45) is 3.79. The highest BCUT2D eigenvalue weighted by atomic mass is 16.1. The average Bonchev–Trinajstić information content (AvgIpc) is 2.33. The standard InChI is InChI=1S/C13H23N3O/c1-3-7-16-8-5-12(6-9-16)15-13(17)11(4-2)10-14/h11-12H,3-9H2,1-2H3,(H,15,17). The number of carbonyl (C=O) groups is 1. The summed E-state index contributed by atoms with van der Waals surface area (Å²) in [6.45, 7) is 7.32. The maximum Gasteiger partial charge on any atom is 0.237 e. The highest BCUT2D eigenvalue weighted by Crippen LogP contribution is 2.11. The smallest absolute Gasteiger partial charge is 0.237 e. The molecule has 1 heterocycles. The number of carbonyl (C=O) groups excluding carboxylic acids is 1. The Labute approximate surface area is 104 Å². The van der Waals surface area contributed by atoms with Gasteiger partial charge < -0.3 is 10.2 Å². The van der Waals surface area contributed by atoms with Crippen LogP contribution in [-0.2, 0) is 4.79 Å². The van der Waals surface area contributed by atoms with Crippen molar-refractivity contribution in [2.45, 2.75) is 45.6 Å². The van der Waals surface area contributed by atoms with Gasteiger partial charge in [-0.15, -0.1) is 0 Å². The first kappa shape index (κ1) is 14.0. The molecule has 4 heteroatoms. The van der Waals surface area contributed by atoms with Crippen molar-refractivity contribution >= 4 is 5.91 Å². The minimum Gasteiger partial charge on any atom is -0.352 e. The molecule has 0 aromatic carbocycles. The predicted molar refractivity (Wildman–Crippen MR) is 67.3 cm³/mol. The van der Waals surface area contributed by atoms with Gasteiger partial charge >= 0.3 is 0 Å². The van der Waals surface area contributed by atoms with E-state index in [1.165, 1.54) is 6.42 Å². The van der Waals surface area contributed by atoms with Gasteiger partial charge in [-0.05, 0) is 32.2 Å². The number of nitrogens with one attached hydrogen (secondary N) is 1. The van der Waals surface area contributed by atoms with Gasteiger partial charge in [0, 0.05) is 19.1 Å². The van der Waals surface area contributed by atoms with Crippen molar-refractivity contribution in [3.63, 3.8) is 0 Å². The van der Waals surface area contributed by atoms with Crippen LogP contribution in [0.3, 0.4) is 0 Å². The molecular weight excluding hydrogens is 214 g/mol. The molecule has 17 heavy (non-hydrogen) atoms. The number of rotatable bonds is 5. The van der Waals surface area contributed by atoms with Gasteiger partial charge in [-0.2, -0.15) is 5.26 Å². The first-order valence-electron chi connectivity index (χ1n) is 6.63. The molecule has 1 aliphatic rings. The van der Waals surface area contributed by atoms with Gasteiger partial charge in [-0.1, -0.05) is 13.8 Å². The van der Waals surface area contributed by atoms with Crippen molar-refractivity contribution < 1.29 is 4.79 Å². The van der Waals surface area contributed by atoms with E-state index < -0.39 is 5.92 Å². The lowest BCUT2D eigenvalue weighted by atomic mass is 10.0. The first-order valence-corrected chi connectivity index (χ1v) is 6.63. The van der Waals surface area contributed by atoms with E-state index in [4.69, 9.17) is 5.26 Å². The molecule has 1 rings (SSSR count). The number of piperidine rings is 1. The van der Waals surface area contributed by atoms with Crippen LogP contribution in [0.15, 0.2) is 0 Å². The van der Waals surface area contributed by atoms with E-state index in [1.54, 1.807) is 0 Å². The molecule has 0 bridgehead atoms. The van der Waals surface area contributed by atoms with Crippen LogP contribution in [0.4, 0.5) is 0 Å². The third-order valence-electron chi connectivity index (χ3n) is 3.35. The normalized spacial score (nSPS) is 19.6. The van der Waals surface area contributed by atoms with Crippen LogP contribution in [0.1, 0.15) is 39.5 Å². The summed E-state index contributed by atoms with van der Waals surface area (Å²) < 4.78 is 0. The molecule has 0 saturated carbocycles. The predicted octanol–water partition coefficient (Wildman–Crippen LogP) is 1.53. The largest absolute Gasteiger partial charge is 0.352 e. The van der Waals surface area contributed by atoms with Gasteiger partial charge in [0.05, 0.1) is 6.07 Å². The average molecular weight is 237 g/mol. The monoisotopic (exact) mass is 237 g/mol. The summed E-state index contributed by atoms with van der Waals surface area (Å²) in [5.41, 5.74) is 0. The summed E-state index contributed by atoms with van der Waals surface area (Å²) in [5.74, 6) is -0.576. The quantitative estimate of drug-likeness (QED) is 0.789. The van der Waals surface area contributed by atoms with E-state index in [0.717, 1.165) is 32.5 Å². The Kier molecular flexibility index (Phi) is 5.99. The number of hydrogen-bond donors (Lipinski definition) is 1. The van der Waals surface area contributed by atoms with Crippen LogP contribution in [0.25, 0.3) is 0 Å². The van der Waals surface area contributed by atoms with Gasteiger partial charge in [0.1, 0.15) is 5.92 Å². The van der Waals surface area contributed by atoms with Crippen LogP contribution in [0, 0.1) is 17.2 Å². The molecule has 0 aliphatic carbocycles. The van der Waals surface area contributed by atoms with Gasteiger partial charge in [-0.25, -0.2) is 0 Å². The Morgan fingerprint density at radius 2 is 2.12 bits per heavy atom. The summed E-state index contributed by atoms with van der Waals surface area (Å²) >= 11 is 0. The maximum atomic E-state index is 11.7. The zero-order chi connectivity index (χ0) is 12.7. The lowest BCUT2D eigenvalue weighted by molar-refractivity contribution is -0.124.